The van der Waals surface area contributed by atoms with E-state index in [-0.39, 0.29) is 0 Å². The van der Waals surface area contributed by atoms with Crippen molar-refractivity contribution in [3.8, 4) is 11.4 Å². The van der Waals surface area contributed by atoms with Crippen LogP contribution in [0.3, 0.4) is 0 Å². The average molecular weight is 336 g/mol. The van der Waals surface area contributed by atoms with Gasteiger partial charge in [0.05, 0.1) is 0 Å². The molecule has 0 radical (unpaired) electrons. The molecule has 0 bridgehead atoms. The number of nitrogens with zero attached hydrogens (tertiary/aromatic N) is 6. The molecule has 0 saturated carbocycles. The lowest BCUT2D eigenvalue weighted by atomic mass is 9.90. The normalized spacial score (nSPS) is 16.8. The Morgan fingerprint density at radius 2 is 1.80 bits per heavy atom. The fourth-order valence-electron chi connectivity index (χ4n) is 3.30. The van der Waals surface area contributed by atoms with Gasteiger partial charge in [-0.2, -0.15) is 5.10 Å². The highest BCUT2D eigenvalue weighted by atomic mass is 16.3. The first-order valence-electron chi connectivity index (χ1n) is 8.36. The van der Waals surface area contributed by atoms with Crippen LogP contribution < -0.4 is 4.90 Å². The summed E-state index contributed by atoms with van der Waals surface area (Å²) in [6, 6.07) is 11.9. The molecule has 25 heavy (non-hydrogen) atoms. The van der Waals surface area contributed by atoms with Gasteiger partial charge in [0.1, 0.15) is 17.7 Å². The molecule has 0 spiro atoms. The summed E-state index contributed by atoms with van der Waals surface area (Å²) in [5.41, 5.74) is 0.0637. The highest BCUT2D eigenvalue weighted by molar-refractivity contribution is 5.57. The summed E-state index contributed by atoms with van der Waals surface area (Å²) in [5.74, 6) is 2.22. The van der Waals surface area contributed by atoms with Crippen molar-refractivity contribution in [3.05, 3.63) is 54.7 Å². The van der Waals surface area contributed by atoms with E-state index in [0.29, 0.717) is 37.6 Å². The maximum absolute atomic E-state index is 10.9. The Hall–Kier alpha value is -2.80. The van der Waals surface area contributed by atoms with Gasteiger partial charge in [0.25, 0.3) is 0 Å². The second kappa shape index (κ2) is 6.25. The predicted octanol–water partition coefficient (Wildman–Crippen LogP) is 1.76. The van der Waals surface area contributed by atoms with E-state index < -0.39 is 5.60 Å². The van der Waals surface area contributed by atoms with Crippen LogP contribution in [0.5, 0.6) is 0 Å². The van der Waals surface area contributed by atoms with E-state index >= 15 is 0 Å². The molecule has 1 fully saturated rings. The van der Waals surface area contributed by atoms with Gasteiger partial charge in [0.2, 0.25) is 0 Å². The number of anilines is 1. The number of rotatable bonds is 3. The fourth-order valence-corrected chi connectivity index (χ4v) is 3.30. The van der Waals surface area contributed by atoms with E-state index in [9.17, 15) is 5.11 Å². The zero-order valence-electron chi connectivity index (χ0n) is 14.1. The minimum atomic E-state index is -0.933. The lowest BCUT2D eigenvalue weighted by molar-refractivity contribution is -0.000174. The third-order valence-electron chi connectivity index (χ3n) is 4.72. The van der Waals surface area contributed by atoms with Crippen LogP contribution in [0.15, 0.2) is 48.9 Å². The summed E-state index contributed by atoms with van der Waals surface area (Å²) in [7, 11) is 1.81. The summed E-state index contributed by atoms with van der Waals surface area (Å²) in [6.45, 7) is 1.41. The van der Waals surface area contributed by atoms with Gasteiger partial charge in [-0.1, -0.05) is 30.3 Å². The Morgan fingerprint density at radius 3 is 2.48 bits per heavy atom. The van der Waals surface area contributed by atoms with Gasteiger partial charge < -0.3 is 10.0 Å². The number of hydrogen-bond donors (Lipinski definition) is 1. The van der Waals surface area contributed by atoms with Gasteiger partial charge in [-0.15, -0.1) is 0 Å². The van der Waals surface area contributed by atoms with Crippen LogP contribution in [0.1, 0.15) is 18.7 Å². The van der Waals surface area contributed by atoms with Crippen LogP contribution in [0, 0.1) is 0 Å². The first-order chi connectivity index (χ1) is 12.2. The third kappa shape index (κ3) is 2.98. The average Bonchev–Trinajstić information content (AvgIpc) is 3.10. The molecule has 0 atom stereocenters. The summed E-state index contributed by atoms with van der Waals surface area (Å²) in [5, 5.41) is 15.0. The molecule has 0 amide bonds. The van der Waals surface area contributed by atoms with Gasteiger partial charge >= 0.3 is 0 Å². The summed E-state index contributed by atoms with van der Waals surface area (Å²) < 4.78 is 1.65. The molecule has 7 nitrogen and oxygen atoms in total. The first-order valence-corrected chi connectivity index (χ1v) is 8.36. The van der Waals surface area contributed by atoms with E-state index in [0.717, 1.165) is 11.4 Å². The number of aliphatic hydroxyl groups is 1. The van der Waals surface area contributed by atoms with Crippen LogP contribution in [0.2, 0.25) is 0 Å². The van der Waals surface area contributed by atoms with Crippen molar-refractivity contribution in [2.24, 2.45) is 7.05 Å². The minimum Gasteiger partial charge on any atom is -0.382 e. The quantitative estimate of drug-likeness (QED) is 0.785. The van der Waals surface area contributed by atoms with Gasteiger partial charge in [-0.05, 0) is 6.07 Å². The Morgan fingerprint density at radius 1 is 1.04 bits per heavy atom. The van der Waals surface area contributed by atoms with Crippen molar-refractivity contribution in [3.63, 3.8) is 0 Å². The zero-order chi connectivity index (χ0) is 17.3. The van der Waals surface area contributed by atoms with Crippen molar-refractivity contribution in [2.75, 3.05) is 18.0 Å². The molecule has 1 saturated heterocycles. The molecule has 0 aliphatic carbocycles. The molecule has 1 aliphatic heterocycles. The molecular formula is C18H20N6O. The molecule has 3 heterocycles. The number of aromatic nitrogens is 5. The summed E-state index contributed by atoms with van der Waals surface area (Å²) in [4.78, 5) is 15.5. The van der Waals surface area contributed by atoms with E-state index in [2.05, 4.69) is 20.0 Å². The van der Waals surface area contributed by atoms with Gasteiger partial charge in [-0.25, -0.2) is 15.0 Å². The maximum atomic E-state index is 10.9. The van der Waals surface area contributed by atoms with Crippen LogP contribution in [-0.2, 0) is 12.6 Å². The molecule has 1 N–H and O–H groups in total. The third-order valence-corrected chi connectivity index (χ3v) is 4.72. The van der Waals surface area contributed by atoms with Crippen LogP contribution in [0.25, 0.3) is 11.4 Å². The molecule has 128 valence electrons. The van der Waals surface area contributed by atoms with Crippen molar-refractivity contribution in [2.45, 2.75) is 18.4 Å². The standard InChI is InChI=1S/C18H20N6O/c1-23-17(20-13-21-23)18(25)8-11-24(12-9-18)15-7-10-19-16(22-15)14-5-3-2-4-6-14/h2-7,10,13,25H,8-9,11-12H2,1H3. The lowest BCUT2D eigenvalue weighted by Gasteiger charge is -2.37. The van der Waals surface area contributed by atoms with Crippen LogP contribution in [-0.4, -0.2) is 42.9 Å². The molecule has 7 heteroatoms. The second-order valence-corrected chi connectivity index (χ2v) is 6.33. The SMILES string of the molecule is Cn1ncnc1C1(O)CCN(c2ccnc(-c3ccccc3)n2)CC1. The van der Waals surface area contributed by atoms with Gasteiger partial charge in [-0.3, -0.25) is 4.68 Å². The van der Waals surface area contributed by atoms with E-state index in [1.807, 2.05) is 43.4 Å². The number of piperidine rings is 1. The maximum Gasteiger partial charge on any atom is 0.161 e. The molecule has 2 aromatic heterocycles. The Balaban J connectivity index is 1.53. The number of benzene rings is 1. The zero-order valence-corrected chi connectivity index (χ0v) is 14.1. The van der Waals surface area contributed by atoms with Crippen molar-refractivity contribution >= 4 is 5.82 Å². The van der Waals surface area contributed by atoms with E-state index in [1.54, 1.807) is 10.9 Å². The van der Waals surface area contributed by atoms with Gasteiger partial charge in [0, 0.05) is 44.7 Å². The van der Waals surface area contributed by atoms with Crippen LogP contribution in [0.4, 0.5) is 5.82 Å². The highest BCUT2D eigenvalue weighted by Gasteiger charge is 2.38. The molecule has 3 aromatic rings. The lowest BCUT2D eigenvalue weighted by Crippen LogP contribution is -2.44. The van der Waals surface area contributed by atoms with E-state index in [4.69, 9.17) is 4.98 Å². The fraction of sp³-hybridized carbons (Fsp3) is 0.333. The van der Waals surface area contributed by atoms with Crippen molar-refractivity contribution in [1.29, 1.82) is 0 Å². The minimum absolute atomic E-state index is 0.588. The topological polar surface area (TPSA) is 80.0 Å². The molecule has 1 aliphatic rings. The molecular weight excluding hydrogens is 316 g/mol. The number of aryl methyl sites for hydroxylation is 1. The van der Waals surface area contributed by atoms with E-state index in [1.165, 1.54) is 6.33 Å². The predicted molar refractivity (Wildman–Crippen MR) is 93.8 cm³/mol. The first kappa shape index (κ1) is 15.7. The Kier molecular flexibility index (Phi) is 3.93. The molecule has 0 unspecified atom stereocenters. The van der Waals surface area contributed by atoms with Crippen LogP contribution >= 0.6 is 0 Å². The smallest absolute Gasteiger partial charge is 0.161 e. The second-order valence-electron chi connectivity index (χ2n) is 6.33. The largest absolute Gasteiger partial charge is 0.382 e. The van der Waals surface area contributed by atoms with Gasteiger partial charge in [0.15, 0.2) is 11.6 Å². The summed E-state index contributed by atoms with van der Waals surface area (Å²) >= 11 is 0. The molecule has 1 aromatic carbocycles. The Bertz CT molecular complexity index is 855. The summed E-state index contributed by atoms with van der Waals surface area (Å²) in [6.07, 6.45) is 4.44. The Labute approximate surface area is 146 Å². The molecule has 4 rings (SSSR count). The highest BCUT2D eigenvalue weighted by Crippen LogP contribution is 2.32. The number of hydrogen-bond acceptors (Lipinski definition) is 6. The van der Waals surface area contributed by atoms with Crippen molar-refractivity contribution in [1.82, 2.24) is 24.7 Å². The monoisotopic (exact) mass is 336 g/mol. The van der Waals surface area contributed by atoms with Crippen molar-refractivity contribution < 1.29 is 5.11 Å².